The number of benzene rings is 4. The predicted octanol–water partition coefficient (Wildman–Crippen LogP) is 5.93. The Labute approximate surface area is 228 Å². The molecule has 2 amide bonds. The van der Waals surface area contributed by atoms with Crippen LogP contribution in [0.5, 0.6) is 0 Å². The molecular formula is C32H36N2O2S. The maximum atomic E-state index is 12.4. The van der Waals surface area contributed by atoms with Gasteiger partial charge in [0.2, 0.25) is 11.8 Å². The van der Waals surface area contributed by atoms with E-state index in [1.54, 1.807) is 38.0 Å². The summed E-state index contributed by atoms with van der Waals surface area (Å²) in [5.41, 5.74) is 4.12. The first kappa shape index (κ1) is 29.4. The third-order valence-electron chi connectivity index (χ3n) is 5.91. The summed E-state index contributed by atoms with van der Waals surface area (Å²) in [6.07, 6.45) is 0. The van der Waals surface area contributed by atoms with Crippen molar-refractivity contribution in [3.05, 3.63) is 144 Å². The highest BCUT2D eigenvalue weighted by atomic mass is 32.1. The van der Waals surface area contributed by atoms with Crippen molar-refractivity contribution >= 4 is 25.3 Å². The molecule has 4 aromatic carbocycles. The number of likely N-dealkylation sites (N-methyl/N-ethyl adjacent to an activating group) is 2. The van der Waals surface area contributed by atoms with E-state index >= 15 is 0 Å². The number of rotatable bonds is 6. The molecule has 37 heavy (non-hydrogen) atoms. The smallest absolute Gasteiger partial charge is 0.234 e. The molecule has 0 saturated carbocycles. The number of hydrogen-bond donors (Lipinski definition) is 0. The van der Waals surface area contributed by atoms with Crippen LogP contribution >= 0.6 is 13.5 Å². The third kappa shape index (κ3) is 8.09. The van der Waals surface area contributed by atoms with Gasteiger partial charge in [-0.25, -0.2) is 0 Å². The lowest BCUT2D eigenvalue weighted by Gasteiger charge is -2.21. The van der Waals surface area contributed by atoms with Crippen molar-refractivity contribution in [2.45, 2.75) is 11.8 Å². The van der Waals surface area contributed by atoms with Crippen molar-refractivity contribution in [1.82, 2.24) is 9.80 Å². The average Bonchev–Trinajstić information content (AvgIpc) is 2.91. The lowest BCUT2D eigenvalue weighted by atomic mass is 9.90. The zero-order chi connectivity index (χ0) is 25.9. The summed E-state index contributed by atoms with van der Waals surface area (Å²) in [5.74, 6) is -0.232. The Balaban J connectivity index is 0.000000253. The van der Waals surface area contributed by atoms with E-state index in [0.717, 1.165) is 22.3 Å². The van der Waals surface area contributed by atoms with Gasteiger partial charge >= 0.3 is 0 Å². The normalized spacial score (nSPS) is 10.1. The Kier molecular flexibility index (Phi) is 11.7. The molecule has 4 nitrogen and oxygen atoms in total. The Hall–Kier alpha value is -3.83. The van der Waals surface area contributed by atoms with Gasteiger partial charge in [-0.2, -0.15) is 13.5 Å². The minimum absolute atomic E-state index is 0. The molecule has 0 spiro atoms. The van der Waals surface area contributed by atoms with E-state index in [0.29, 0.717) is 0 Å². The fourth-order valence-corrected chi connectivity index (χ4v) is 4.05. The molecule has 0 fully saturated rings. The molecule has 0 aliphatic rings. The summed E-state index contributed by atoms with van der Waals surface area (Å²) in [6.45, 7) is 0. The number of amides is 2. The standard InChI is InChI=1S/2C16H17NO.H2S/c2*1-17(2)16(18)15(13-9-5-3-6-10-13)14-11-7-4-8-12-14;/h2*3-12,15H,1-2H3;1H2. The molecule has 0 saturated heterocycles. The molecular weight excluding hydrogens is 476 g/mol. The molecule has 0 aliphatic heterocycles. The van der Waals surface area contributed by atoms with Crippen LogP contribution in [0.4, 0.5) is 0 Å². The van der Waals surface area contributed by atoms with Crippen LogP contribution < -0.4 is 0 Å². The van der Waals surface area contributed by atoms with Gasteiger partial charge in [0.15, 0.2) is 0 Å². The van der Waals surface area contributed by atoms with Crippen LogP contribution in [0.1, 0.15) is 34.1 Å². The summed E-state index contributed by atoms with van der Waals surface area (Å²) >= 11 is 0. The van der Waals surface area contributed by atoms with Crippen LogP contribution in [0, 0.1) is 0 Å². The molecule has 0 atom stereocenters. The lowest BCUT2D eigenvalue weighted by molar-refractivity contribution is -0.130. The minimum atomic E-state index is -0.220. The van der Waals surface area contributed by atoms with Crippen LogP contribution in [0.25, 0.3) is 0 Å². The first-order valence-corrected chi connectivity index (χ1v) is 12.0. The molecule has 0 aliphatic carbocycles. The van der Waals surface area contributed by atoms with Crippen LogP contribution in [0.2, 0.25) is 0 Å². The summed E-state index contributed by atoms with van der Waals surface area (Å²) in [5, 5.41) is 0. The SMILES string of the molecule is CN(C)C(=O)C(c1ccccc1)c1ccccc1.CN(C)C(=O)C(c1ccccc1)c1ccccc1.S. The number of carbonyl (C=O) groups is 2. The molecule has 192 valence electrons. The Morgan fingerprint density at radius 3 is 0.784 bits per heavy atom. The van der Waals surface area contributed by atoms with Gasteiger partial charge in [0.05, 0.1) is 11.8 Å². The van der Waals surface area contributed by atoms with Gasteiger partial charge in [-0.15, -0.1) is 0 Å². The monoisotopic (exact) mass is 512 g/mol. The van der Waals surface area contributed by atoms with E-state index in [2.05, 4.69) is 0 Å². The Morgan fingerprint density at radius 2 is 0.622 bits per heavy atom. The molecule has 0 unspecified atom stereocenters. The van der Waals surface area contributed by atoms with Gasteiger partial charge in [-0.1, -0.05) is 121 Å². The largest absolute Gasteiger partial charge is 0.348 e. The first-order valence-electron chi connectivity index (χ1n) is 12.0. The van der Waals surface area contributed by atoms with E-state index in [1.807, 2.05) is 121 Å². The topological polar surface area (TPSA) is 40.6 Å². The minimum Gasteiger partial charge on any atom is -0.348 e. The Morgan fingerprint density at radius 1 is 0.432 bits per heavy atom. The highest BCUT2D eigenvalue weighted by Gasteiger charge is 2.24. The van der Waals surface area contributed by atoms with Gasteiger partial charge in [0.1, 0.15) is 0 Å². The van der Waals surface area contributed by atoms with Crippen molar-refractivity contribution in [3.63, 3.8) is 0 Å². The molecule has 4 aromatic rings. The van der Waals surface area contributed by atoms with E-state index in [4.69, 9.17) is 0 Å². The maximum absolute atomic E-state index is 12.4. The van der Waals surface area contributed by atoms with E-state index in [9.17, 15) is 9.59 Å². The highest BCUT2D eigenvalue weighted by molar-refractivity contribution is 7.59. The van der Waals surface area contributed by atoms with Gasteiger partial charge in [-0.05, 0) is 22.3 Å². The zero-order valence-electron chi connectivity index (χ0n) is 21.9. The maximum Gasteiger partial charge on any atom is 0.234 e. The molecule has 0 heterocycles. The number of hydrogen-bond acceptors (Lipinski definition) is 2. The van der Waals surface area contributed by atoms with Gasteiger partial charge < -0.3 is 9.80 Å². The van der Waals surface area contributed by atoms with Crippen molar-refractivity contribution < 1.29 is 9.59 Å². The molecule has 0 radical (unpaired) electrons. The van der Waals surface area contributed by atoms with Crippen molar-refractivity contribution in [3.8, 4) is 0 Å². The van der Waals surface area contributed by atoms with Gasteiger partial charge in [-0.3, -0.25) is 9.59 Å². The summed E-state index contributed by atoms with van der Waals surface area (Å²) < 4.78 is 0. The second kappa shape index (κ2) is 14.7. The fourth-order valence-electron chi connectivity index (χ4n) is 4.05. The number of nitrogens with zero attached hydrogens (tertiary/aromatic N) is 2. The summed E-state index contributed by atoms with van der Waals surface area (Å²) in [6, 6.07) is 39.6. The average molecular weight is 513 g/mol. The highest BCUT2D eigenvalue weighted by Crippen LogP contribution is 2.27. The quantitative estimate of drug-likeness (QED) is 0.321. The summed E-state index contributed by atoms with van der Waals surface area (Å²) in [7, 11) is 7.17. The van der Waals surface area contributed by atoms with E-state index in [1.165, 1.54) is 0 Å². The van der Waals surface area contributed by atoms with Gasteiger partial charge in [0, 0.05) is 28.2 Å². The van der Waals surface area contributed by atoms with Crippen LogP contribution in [-0.2, 0) is 9.59 Å². The van der Waals surface area contributed by atoms with Crippen molar-refractivity contribution in [2.75, 3.05) is 28.2 Å². The van der Waals surface area contributed by atoms with E-state index < -0.39 is 0 Å². The lowest BCUT2D eigenvalue weighted by Crippen LogP contribution is -2.28. The molecule has 0 bridgehead atoms. The molecule has 5 heteroatoms. The molecule has 4 rings (SSSR count). The Bertz CT molecular complexity index is 1040. The second-order valence-corrected chi connectivity index (χ2v) is 8.97. The van der Waals surface area contributed by atoms with Crippen molar-refractivity contribution in [2.24, 2.45) is 0 Å². The first-order chi connectivity index (χ1) is 17.4. The zero-order valence-corrected chi connectivity index (χ0v) is 22.9. The van der Waals surface area contributed by atoms with Crippen molar-refractivity contribution in [1.29, 1.82) is 0 Å². The second-order valence-electron chi connectivity index (χ2n) is 8.97. The predicted molar refractivity (Wildman–Crippen MR) is 157 cm³/mol. The number of carbonyl (C=O) groups excluding carboxylic acids is 2. The third-order valence-corrected chi connectivity index (χ3v) is 5.91. The fraction of sp³-hybridized carbons (Fsp3) is 0.188. The van der Waals surface area contributed by atoms with Gasteiger partial charge in [0.25, 0.3) is 0 Å². The van der Waals surface area contributed by atoms with E-state index in [-0.39, 0.29) is 37.1 Å². The van der Waals surface area contributed by atoms with Crippen LogP contribution in [0.3, 0.4) is 0 Å². The summed E-state index contributed by atoms with van der Waals surface area (Å²) in [4.78, 5) is 28.0. The molecule has 0 aromatic heterocycles. The van der Waals surface area contributed by atoms with Crippen LogP contribution in [-0.4, -0.2) is 49.8 Å². The van der Waals surface area contributed by atoms with Crippen LogP contribution in [0.15, 0.2) is 121 Å². The molecule has 0 N–H and O–H groups in total.